The number of ether oxygens (including phenoxy) is 1. The van der Waals surface area contributed by atoms with E-state index < -0.39 is 18.0 Å². The highest BCUT2D eigenvalue weighted by atomic mass is 16.5. The van der Waals surface area contributed by atoms with Gasteiger partial charge in [0.15, 0.2) is 0 Å². The lowest BCUT2D eigenvalue weighted by atomic mass is 10.2. The van der Waals surface area contributed by atoms with Gasteiger partial charge in [0.2, 0.25) is 11.8 Å². The number of benzene rings is 1. The molecule has 1 atom stereocenters. The summed E-state index contributed by atoms with van der Waals surface area (Å²) in [5.74, 6) is -0.516. The number of imide groups is 1. The van der Waals surface area contributed by atoms with Crippen LogP contribution in [-0.2, 0) is 14.3 Å². The average molecular weight is 363 g/mol. The number of anilines is 2. The number of amides is 4. The molecule has 4 N–H and O–H groups in total. The normalized spacial score (nSPS) is 15.6. The minimum absolute atomic E-state index is 0.0778. The molecule has 9 nitrogen and oxygen atoms in total. The van der Waals surface area contributed by atoms with Crippen LogP contribution in [-0.4, -0.2) is 68.7 Å². The van der Waals surface area contributed by atoms with Crippen LogP contribution < -0.4 is 21.3 Å². The molecule has 1 fully saturated rings. The van der Waals surface area contributed by atoms with Crippen LogP contribution in [0.5, 0.6) is 0 Å². The lowest BCUT2D eigenvalue weighted by molar-refractivity contribution is -0.120. The number of carbonyl (C=O) groups is 3. The van der Waals surface area contributed by atoms with Crippen molar-refractivity contribution >= 4 is 29.2 Å². The Hall–Kier alpha value is -2.65. The van der Waals surface area contributed by atoms with Crippen LogP contribution >= 0.6 is 0 Å². The lowest BCUT2D eigenvalue weighted by Crippen LogP contribution is -2.44. The van der Waals surface area contributed by atoms with E-state index in [9.17, 15) is 14.4 Å². The molecule has 4 amide bonds. The molecule has 0 unspecified atom stereocenters. The number of urea groups is 1. The van der Waals surface area contributed by atoms with E-state index in [1.54, 1.807) is 31.2 Å². The van der Waals surface area contributed by atoms with Crippen LogP contribution in [0.4, 0.5) is 16.2 Å². The number of hydrogen-bond acceptors (Lipinski definition) is 6. The maximum Gasteiger partial charge on any atom is 0.321 e. The van der Waals surface area contributed by atoms with Crippen LogP contribution in [0.25, 0.3) is 0 Å². The maximum atomic E-state index is 12.1. The third-order valence-electron chi connectivity index (χ3n) is 3.88. The maximum absolute atomic E-state index is 12.1. The Morgan fingerprint density at radius 1 is 1.12 bits per heavy atom. The smallest absolute Gasteiger partial charge is 0.321 e. The molecule has 2 rings (SSSR count). The zero-order chi connectivity index (χ0) is 18.9. The highest BCUT2D eigenvalue weighted by Gasteiger charge is 2.16. The Bertz CT molecular complexity index is 629. The van der Waals surface area contributed by atoms with Crippen LogP contribution in [0.3, 0.4) is 0 Å². The predicted molar refractivity (Wildman–Crippen MR) is 98.0 cm³/mol. The topological polar surface area (TPSA) is 112 Å². The SMILES string of the molecule is CNC(=O)NC(=O)[C@@H](C)Nc1ccc(NC(=O)CN2CCOCC2)cc1. The van der Waals surface area contributed by atoms with E-state index in [0.29, 0.717) is 31.1 Å². The zero-order valence-electron chi connectivity index (χ0n) is 15.0. The summed E-state index contributed by atoms with van der Waals surface area (Å²) >= 11 is 0. The second-order valence-corrected chi connectivity index (χ2v) is 5.95. The molecule has 0 spiro atoms. The van der Waals surface area contributed by atoms with Gasteiger partial charge >= 0.3 is 6.03 Å². The minimum Gasteiger partial charge on any atom is -0.379 e. The minimum atomic E-state index is -0.589. The van der Waals surface area contributed by atoms with Gasteiger partial charge in [0.25, 0.3) is 0 Å². The Balaban J connectivity index is 1.80. The van der Waals surface area contributed by atoms with Gasteiger partial charge in [0.05, 0.1) is 19.8 Å². The fourth-order valence-corrected chi connectivity index (χ4v) is 2.41. The van der Waals surface area contributed by atoms with Gasteiger partial charge < -0.3 is 20.7 Å². The van der Waals surface area contributed by atoms with E-state index in [1.807, 2.05) is 4.90 Å². The quantitative estimate of drug-likeness (QED) is 0.575. The van der Waals surface area contributed by atoms with E-state index in [0.717, 1.165) is 13.1 Å². The summed E-state index contributed by atoms with van der Waals surface area (Å²) < 4.78 is 5.26. The Labute approximate surface area is 152 Å². The number of carbonyl (C=O) groups excluding carboxylic acids is 3. The van der Waals surface area contributed by atoms with Gasteiger partial charge in [-0.3, -0.25) is 19.8 Å². The van der Waals surface area contributed by atoms with Crippen molar-refractivity contribution < 1.29 is 19.1 Å². The molecule has 0 aromatic heterocycles. The van der Waals surface area contributed by atoms with E-state index in [4.69, 9.17) is 4.74 Å². The van der Waals surface area contributed by atoms with Crippen molar-refractivity contribution in [3.8, 4) is 0 Å². The van der Waals surface area contributed by atoms with Crippen molar-refractivity contribution in [3.05, 3.63) is 24.3 Å². The summed E-state index contributed by atoms with van der Waals surface area (Å²) in [6.07, 6.45) is 0. The van der Waals surface area contributed by atoms with Crippen molar-refractivity contribution in [2.24, 2.45) is 0 Å². The Morgan fingerprint density at radius 2 is 1.73 bits per heavy atom. The summed E-state index contributed by atoms with van der Waals surface area (Å²) in [6.45, 7) is 4.80. The molecule has 0 saturated carbocycles. The summed E-state index contributed by atoms with van der Waals surface area (Å²) in [7, 11) is 1.44. The lowest BCUT2D eigenvalue weighted by Gasteiger charge is -2.25. The number of nitrogens with zero attached hydrogens (tertiary/aromatic N) is 1. The first-order chi connectivity index (χ1) is 12.5. The van der Waals surface area contributed by atoms with Crippen LogP contribution in [0.1, 0.15) is 6.92 Å². The third kappa shape index (κ3) is 6.34. The number of rotatable bonds is 6. The molecular weight excluding hydrogens is 338 g/mol. The number of morpholine rings is 1. The van der Waals surface area contributed by atoms with E-state index >= 15 is 0 Å². The molecule has 1 aliphatic heterocycles. The first-order valence-corrected chi connectivity index (χ1v) is 8.47. The molecule has 1 saturated heterocycles. The molecule has 26 heavy (non-hydrogen) atoms. The number of nitrogens with one attached hydrogen (secondary N) is 4. The van der Waals surface area contributed by atoms with E-state index in [-0.39, 0.29) is 5.91 Å². The van der Waals surface area contributed by atoms with Crippen molar-refractivity contribution in [2.45, 2.75) is 13.0 Å². The van der Waals surface area contributed by atoms with Crippen molar-refractivity contribution in [1.29, 1.82) is 0 Å². The summed E-state index contributed by atoms with van der Waals surface area (Å²) in [5, 5.41) is 10.4. The summed E-state index contributed by atoms with van der Waals surface area (Å²) in [6, 6.07) is 5.88. The highest BCUT2D eigenvalue weighted by molar-refractivity contribution is 5.98. The molecule has 142 valence electrons. The second-order valence-electron chi connectivity index (χ2n) is 5.95. The molecule has 0 bridgehead atoms. The van der Waals surface area contributed by atoms with Gasteiger partial charge in [0.1, 0.15) is 6.04 Å². The van der Waals surface area contributed by atoms with Gasteiger partial charge in [-0.1, -0.05) is 0 Å². The largest absolute Gasteiger partial charge is 0.379 e. The molecule has 0 aliphatic carbocycles. The predicted octanol–water partition coefficient (Wildman–Crippen LogP) is 0.213. The standard InChI is InChI=1S/C17H25N5O4/c1-12(16(24)21-17(25)18-2)19-13-3-5-14(6-4-13)20-15(23)11-22-7-9-26-10-8-22/h3-6,12,19H,7-11H2,1-2H3,(H,20,23)(H2,18,21,24,25)/t12-/m1/s1. The highest BCUT2D eigenvalue weighted by Crippen LogP contribution is 2.14. The molecule has 1 heterocycles. The first kappa shape index (κ1) is 19.7. The molecule has 1 aromatic rings. The second kappa shape index (κ2) is 9.73. The average Bonchev–Trinajstić information content (AvgIpc) is 2.63. The first-order valence-electron chi connectivity index (χ1n) is 8.47. The van der Waals surface area contributed by atoms with E-state index in [1.165, 1.54) is 7.05 Å². The van der Waals surface area contributed by atoms with Gasteiger partial charge in [-0.2, -0.15) is 0 Å². The molecule has 9 heteroatoms. The molecule has 1 aromatic carbocycles. The van der Waals surface area contributed by atoms with E-state index in [2.05, 4.69) is 21.3 Å². The summed E-state index contributed by atoms with van der Waals surface area (Å²) in [5.41, 5.74) is 1.38. The van der Waals surface area contributed by atoms with Gasteiger partial charge in [-0.25, -0.2) is 4.79 Å². The van der Waals surface area contributed by atoms with Gasteiger partial charge in [-0.15, -0.1) is 0 Å². The zero-order valence-corrected chi connectivity index (χ0v) is 15.0. The fraction of sp³-hybridized carbons (Fsp3) is 0.471. The van der Waals surface area contributed by atoms with Crippen molar-refractivity contribution in [3.63, 3.8) is 0 Å². The molecular formula is C17H25N5O4. The Morgan fingerprint density at radius 3 is 2.35 bits per heavy atom. The number of hydrogen-bond donors (Lipinski definition) is 4. The fourth-order valence-electron chi connectivity index (χ4n) is 2.41. The van der Waals surface area contributed by atoms with Gasteiger partial charge in [0, 0.05) is 31.5 Å². The summed E-state index contributed by atoms with van der Waals surface area (Å²) in [4.78, 5) is 37.1. The monoisotopic (exact) mass is 363 g/mol. The van der Waals surface area contributed by atoms with Crippen LogP contribution in [0.2, 0.25) is 0 Å². The Kier molecular flexibility index (Phi) is 7.37. The third-order valence-corrected chi connectivity index (χ3v) is 3.88. The van der Waals surface area contributed by atoms with Crippen LogP contribution in [0.15, 0.2) is 24.3 Å². The molecule has 0 radical (unpaired) electrons. The molecule has 1 aliphatic rings. The van der Waals surface area contributed by atoms with Gasteiger partial charge in [-0.05, 0) is 31.2 Å². The van der Waals surface area contributed by atoms with Crippen LogP contribution in [0, 0.1) is 0 Å². The van der Waals surface area contributed by atoms with Crippen molar-refractivity contribution in [2.75, 3.05) is 50.5 Å². The van der Waals surface area contributed by atoms with Crippen molar-refractivity contribution in [1.82, 2.24) is 15.5 Å².